The zero-order valence-corrected chi connectivity index (χ0v) is 12.7. The molecule has 0 fully saturated rings. The highest BCUT2D eigenvalue weighted by Crippen LogP contribution is 2.11. The summed E-state index contributed by atoms with van der Waals surface area (Å²) in [7, 11) is 1.91. The van der Waals surface area contributed by atoms with E-state index in [1.807, 2.05) is 17.8 Å². The van der Waals surface area contributed by atoms with Gasteiger partial charge in [0.1, 0.15) is 0 Å². The Kier molecular flexibility index (Phi) is 5.08. The van der Waals surface area contributed by atoms with Crippen molar-refractivity contribution in [2.24, 2.45) is 7.05 Å². The lowest BCUT2D eigenvalue weighted by Gasteiger charge is -2.07. The molecule has 2 aromatic rings. The van der Waals surface area contributed by atoms with Crippen molar-refractivity contribution < 1.29 is 9.53 Å². The zero-order chi connectivity index (χ0) is 15.2. The number of esters is 1. The summed E-state index contributed by atoms with van der Waals surface area (Å²) in [6.45, 7) is 4.85. The van der Waals surface area contributed by atoms with Crippen LogP contribution in [0.25, 0.3) is 0 Å². The Hall–Kier alpha value is -2.18. The van der Waals surface area contributed by atoms with Gasteiger partial charge in [0.2, 0.25) is 0 Å². The summed E-state index contributed by atoms with van der Waals surface area (Å²) in [6.07, 6.45) is 4.24. The average Bonchev–Trinajstić information content (AvgIpc) is 3.04. The summed E-state index contributed by atoms with van der Waals surface area (Å²) in [5.74, 6) is -0.396. The average molecular weight is 291 g/mol. The van der Waals surface area contributed by atoms with Crippen molar-refractivity contribution in [1.82, 2.24) is 24.8 Å². The molecule has 0 aromatic carbocycles. The number of hydrogen-bond acceptors (Lipinski definition) is 5. The summed E-state index contributed by atoms with van der Waals surface area (Å²) < 4.78 is 8.66. The molecule has 0 saturated heterocycles. The van der Waals surface area contributed by atoms with Gasteiger partial charge in [-0.2, -0.15) is 5.10 Å². The smallest absolute Gasteiger partial charge is 0.360 e. The molecule has 114 valence electrons. The van der Waals surface area contributed by atoms with Crippen molar-refractivity contribution in [3.8, 4) is 0 Å². The van der Waals surface area contributed by atoms with Crippen LogP contribution in [-0.4, -0.2) is 37.4 Å². The highest BCUT2D eigenvalue weighted by molar-refractivity contribution is 5.88. The van der Waals surface area contributed by atoms with Crippen molar-refractivity contribution in [3.63, 3.8) is 0 Å². The first kappa shape index (κ1) is 15.2. The Balaban J connectivity index is 2.15. The van der Waals surface area contributed by atoms with Crippen LogP contribution in [0, 0.1) is 0 Å². The number of aryl methyl sites for hydroxylation is 3. The number of aromatic nitrogens is 5. The van der Waals surface area contributed by atoms with Crippen LogP contribution in [-0.2, 0) is 31.2 Å². The normalized spacial score (nSPS) is 10.8. The van der Waals surface area contributed by atoms with Gasteiger partial charge in [-0.1, -0.05) is 18.6 Å². The standard InChI is InChI=1S/C14H21N5O2/c1-4-6-12-13(14(20)21-5-2)16-17-19(12)10-8-11-7-9-15-18(11)3/h7,9H,4-6,8,10H2,1-3H3. The lowest BCUT2D eigenvalue weighted by Crippen LogP contribution is -2.13. The lowest BCUT2D eigenvalue weighted by atomic mass is 10.2. The molecular formula is C14H21N5O2. The SMILES string of the molecule is CCCc1c(C(=O)OCC)nnn1CCc1ccnn1C. The Morgan fingerprint density at radius 1 is 1.33 bits per heavy atom. The van der Waals surface area contributed by atoms with Crippen molar-refractivity contribution in [1.29, 1.82) is 0 Å². The van der Waals surface area contributed by atoms with Gasteiger partial charge in [0.15, 0.2) is 5.69 Å². The molecule has 0 spiro atoms. The maximum atomic E-state index is 11.9. The first-order valence-corrected chi connectivity index (χ1v) is 7.23. The van der Waals surface area contributed by atoms with E-state index in [2.05, 4.69) is 22.3 Å². The molecule has 7 heteroatoms. The fraction of sp³-hybridized carbons (Fsp3) is 0.571. The molecule has 0 N–H and O–H groups in total. The molecule has 2 rings (SSSR count). The van der Waals surface area contributed by atoms with Gasteiger partial charge in [-0.15, -0.1) is 5.10 Å². The summed E-state index contributed by atoms with van der Waals surface area (Å²) in [5.41, 5.74) is 2.30. The van der Waals surface area contributed by atoms with Gasteiger partial charge in [0.05, 0.1) is 12.3 Å². The fourth-order valence-corrected chi connectivity index (χ4v) is 2.22. The van der Waals surface area contributed by atoms with E-state index in [1.165, 1.54) is 0 Å². The van der Waals surface area contributed by atoms with Gasteiger partial charge in [-0.05, 0) is 19.4 Å². The minimum atomic E-state index is -0.396. The van der Waals surface area contributed by atoms with Crippen LogP contribution >= 0.6 is 0 Å². The molecule has 2 heterocycles. The molecule has 0 aliphatic carbocycles. The molecule has 0 saturated carbocycles. The Labute approximate surface area is 123 Å². The molecule has 0 amide bonds. The van der Waals surface area contributed by atoms with E-state index in [4.69, 9.17) is 4.74 Å². The third-order valence-corrected chi connectivity index (χ3v) is 3.30. The molecule has 7 nitrogen and oxygen atoms in total. The number of carbonyl (C=O) groups is 1. The van der Waals surface area contributed by atoms with Crippen LogP contribution in [0.1, 0.15) is 42.1 Å². The third-order valence-electron chi connectivity index (χ3n) is 3.30. The van der Waals surface area contributed by atoms with E-state index in [-0.39, 0.29) is 0 Å². The highest BCUT2D eigenvalue weighted by Gasteiger charge is 2.20. The van der Waals surface area contributed by atoms with Gasteiger partial charge >= 0.3 is 5.97 Å². The van der Waals surface area contributed by atoms with Crippen molar-refractivity contribution in [3.05, 3.63) is 29.3 Å². The quantitative estimate of drug-likeness (QED) is 0.720. The van der Waals surface area contributed by atoms with Crippen LogP contribution in [0.3, 0.4) is 0 Å². The van der Waals surface area contributed by atoms with Gasteiger partial charge in [-0.3, -0.25) is 4.68 Å². The largest absolute Gasteiger partial charge is 0.461 e. The monoisotopic (exact) mass is 291 g/mol. The van der Waals surface area contributed by atoms with E-state index in [1.54, 1.807) is 17.8 Å². The lowest BCUT2D eigenvalue weighted by molar-refractivity contribution is 0.0518. The first-order chi connectivity index (χ1) is 10.2. The summed E-state index contributed by atoms with van der Waals surface area (Å²) in [5, 5.41) is 12.2. The van der Waals surface area contributed by atoms with Gasteiger partial charge in [0.25, 0.3) is 0 Å². The zero-order valence-electron chi connectivity index (χ0n) is 12.7. The number of rotatable bonds is 7. The maximum Gasteiger partial charge on any atom is 0.360 e. The summed E-state index contributed by atoms with van der Waals surface area (Å²) >= 11 is 0. The molecule has 0 aliphatic rings. The van der Waals surface area contributed by atoms with Crippen LogP contribution < -0.4 is 0 Å². The molecule has 0 aliphatic heterocycles. The second-order valence-electron chi connectivity index (χ2n) is 4.77. The van der Waals surface area contributed by atoms with Crippen LogP contribution in [0.4, 0.5) is 0 Å². The van der Waals surface area contributed by atoms with Crippen LogP contribution in [0.2, 0.25) is 0 Å². The second kappa shape index (κ2) is 7.01. The molecule has 21 heavy (non-hydrogen) atoms. The molecule has 0 atom stereocenters. The molecule has 0 unspecified atom stereocenters. The second-order valence-corrected chi connectivity index (χ2v) is 4.77. The number of carbonyl (C=O) groups excluding carboxylic acids is 1. The van der Waals surface area contributed by atoms with E-state index >= 15 is 0 Å². The molecule has 0 radical (unpaired) electrons. The summed E-state index contributed by atoms with van der Waals surface area (Å²) in [6, 6.07) is 1.97. The van der Waals surface area contributed by atoms with Crippen molar-refractivity contribution in [2.45, 2.75) is 39.7 Å². The predicted octanol–water partition coefficient (Wildman–Crippen LogP) is 1.38. The van der Waals surface area contributed by atoms with E-state index in [9.17, 15) is 4.79 Å². The molecule has 0 bridgehead atoms. The van der Waals surface area contributed by atoms with Crippen LogP contribution in [0.15, 0.2) is 12.3 Å². The Bertz CT molecular complexity index is 602. The topological polar surface area (TPSA) is 74.8 Å². The predicted molar refractivity (Wildman–Crippen MR) is 76.9 cm³/mol. The summed E-state index contributed by atoms with van der Waals surface area (Å²) in [4.78, 5) is 11.9. The van der Waals surface area contributed by atoms with E-state index in [0.29, 0.717) is 18.8 Å². The number of hydrogen-bond donors (Lipinski definition) is 0. The highest BCUT2D eigenvalue weighted by atomic mass is 16.5. The molecule has 2 aromatic heterocycles. The molecular weight excluding hydrogens is 270 g/mol. The van der Waals surface area contributed by atoms with E-state index < -0.39 is 5.97 Å². The number of nitrogens with zero attached hydrogens (tertiary/aromatic N) is 5. The maximum absolute atomic E-state index is 11.9. The first-order valence-electron chi connectivity index (χ1n) is 7.23. The van der Waals surface area contributed by atoms with Gasteiger partial charge in [-0.25, -0.2) is 9.48 Å². The Morgan fingerprint density at radius 3 is 2.76 bits per heavy atom. The third kappa shape index (κ3) is 3.48. The van der Waals surface area contributed by atoms with Gasteiger partial charge in [0, 0.05) is 31.9 Å². The minimum Gasteiger partial charge on any atom is -0.461 e. The van der Waals surface area contributed by atoms with E-state index in [0.717, 1.165) is 30.7 Å². The number of ether oxygens (including phenoxy) is 1. The van der Waals surface area contributed by atoms with Crippen molar-refractivity contribution in [2.75, 3.05) is 6.61 Å². The van der Waals surface area contributed by atoms with Crippen molar-refractivity contribution >= 4 is 5.97 Å². The minimum absolute atomic E-state index is 0.337. The van der Waals surface area contributed by atoms with Gasteiger partial charge < -0.3 is 4.74 Å². The van der Waals surface area contributed by atoms with Crippen LogP contribution in [0.5, 0.6) is 0 Å². The Morgan fingerprint density at radius 2 is 2.14 bits per heavy atom. The fourth-order valence-electron chi connectivity index (χ4n) is 2.22.